The molecule has 2 fully saturated rings. The van der Waals surface area contributed by atoms with Gasteiger partial charge in [0.2, 0.25) is 5.91 Å². The van der Waals surface area contributed by atoms with Crippen molar-refractivity contribution in [2.45, 2.75) is 64.1 Å². The van der Waals surface area contributed by atoms with Crippen molar-refractivity contribution >= 4 is 5.91 Å². The van der Waals surface area contributed by atoms with Crippen LogP contribution in [0.5, 0.6) is 0 Å². The van der Waals surface area contributed by atoms with Crippen molar-refractivity contribution in [1.29, 1.82) is 0 Å². The summed E-state index contributed by atoms with van der Waals surface area (Å²) in [7, 11) is 0. The van der Waals surface area contributed by atoms with Gasteiger partial charge in [-0.1, -0.05) is 19.3 Å². The highest BCUT2D eigenvalue weighted by Crippen LogP contribution is 2.28. The third-order valence-electron chi connectivity index (χ3n) is 4.23. The van der Waals surface area contributed by atoms with Crippen molar-refractivity contribution < 1.29 is 14.6 Å². The summed E-state index contributed by atoms with van der Waals surface area (Å²) in [5.41, 5.74) is -0.353. The Kier molecular flexibility index (Phi) is 4.85. The van der Waals surface area contributed by atoms with Gasteiger partial charge in [0.05, 0.1) is 18.3 Å². The lowest BCUT2D eigenvalue weighted by molar-refractivity contribution is -0.167. The predicted octanol–water partition coefficient (Wildman–Crippen LogP) is 1.96. The van der Waals surface area contributed by atoms with Crippen molar-refractivity contribution in [2.75, 3.05) is 19.7 Å². The minimum atomic E-state index is -0.353. The molecule has 1 amide bonds. The Bertz CT molecular complexity index is 311. The van der Waals surface area contributed by atoms with E-state index in [-0.39, 0.29) is 24.2 Å². The zero-order valence-corrected chi connectivity index (χ0v) is 12.2. The lowest BCUT2D eigenvalue weighted by Crippen LogP contribution is -2.55. The number of rotatable bonds is 3. The highest BCUT2D eigenvalue weighted by molar-refractivity contribution is 5.76. The summed E-state index contributed by atoms with van der Waals surface area (Å²) < 4.78 is 5.75. The van der Waals surface area contributed by atoms with Crippen molar-refractivity contribution in [3.8, 4) is 0 Å². The topological polar surface area (TPSA) is 49.8 Å². The Morgan fingerprint density at radius 2 is 2.00 bits per heavy atom. The SMILES string of the molecule is CC1(C)CN(C(=O)CC2CCCCC2)CC(CO)O1. The zero-order chi connectivity index (χ0) is 13.9. The molecule has 2 aliphatic rings. The van der Waals surface area contributed by atoms with E-state index in [0.29, 0.717) is 25.4 Å². The quantitative estimate of drug-likeness (QED) is 0.852. The van der Waals surface area contributed by atoms with Crippen LogP contribution >= 0.6 is 0 Å². The number of hydrogen-bond acceptors (Lipinski definition) is 3. The van der Waals surface area contributed by atoms with E-state index in [1.54, 1.807) is 0 Å². The van der Waals surface area contributed by atoms with Crippen molar-refractivity contribution in [3.63, 3.8) is 0 Å². The maximum Gasteiger partial charge on any atom is 0.223 e. The number of amides is 1. The highest BCUT2D eigenvalue weighted by atomic mass is 16.5. The van der Waals surface area contributed by atoms with Gasteiger partial charge >= 0.3 is 0 Å². The van der Waals surface area contributed by atoms with Crippen LogP contribution < -0.4 is 0 Å². The molecule has 1 aliphatic heterocycles. The van der Waals surface area contributed by atoms with Gasteiger partial charge in [-0.25, -0.2) is 0 Å². The first-order valence-electron chi connectivity index (χ1n) is 7.56. The van der Waals surface area contributed by atoms with E-state index in [9.17, 15) is 9.90 Å². The molecule has 0 radical (unpaired) electrons. The van der Waals surface area contributed by atoms with Crippen molar-refractivity contribution in [2.24, 2.45) is 5.92 Å². The Labute approximate surface area is 116 Å². The molecular formula is C15H27NO3. The molecule has 110 valence electrons. The molecule has 2 rings (SSSR count). The molecule has 19 heavy (non-hydrogen) atoms. The molecule has 0 aromatic rings. The monoisotopic (exact) mass is 269 g/mol. The van der Waals surface area contributed by atoms with E-state index in [4.69, 9.17) is 4.74 Å². The summed E-state index contributed by atoms with van der Waals surface area (Å²) in [5, 5.41) is 9.28. The molecule has 0 aromatic carbocycles. The molecule has 1 heterocycles. The highest BCUT2D eigenvalue weighted by Gasteiger charge is 2.35. The van der Waals surface area contributed by atoms with E-state index < -0.39 is 0 Å². The van der Waals surface area contributed by atoms with Gasteiger partial charge in [0.25, 0.3) is 0 Å². The first-order valence-corrected chi connectivity index (χ1v) is 7.56. The fraction of sp³-hybridized carbons (Fsp3) is 0.933. The van der Waals surface area contributed by atoms with Gasteiger partial charge in [-0.15, -0.1) is 0 Å². The summed E-state index contributed by atoms with van der Waals surface area (Å²) in [6.07, 6.45) is 6.69. The largest absolute Gasteiger partial charge is 0.394 e. The van der Waals surface area contributed by atoms with Crippen LogP contribution in [0.25, 0.3) is 0 Å². The number of nitrogens with zero attached hydrogens (tertiary/aromatic N) is 1. The second-order valence-corrected chi connectivity index (χ2v) is 6.66. The van der Waals surface area contributed by atoms with Crippen LogP contribution in [-0.4, -0.2) is 47.3 Å². The fourth-order valence-corrected chi connectivity index (χ4v) is 3.35. The molecule has 1 atom stereocenters. The number of carbonyl (C=O) groups is 1. The lowest BCUT2D eigenvalue weighted by Gasteiger charge is -2.42. The van der Waals surface area contributed by atoms with Gasteiger partial charge in [-0.3, -0.25) is 4.79 Å². The van der Waals surface area contributed by atoms with Crippen molar-refractivity contribution in [1.82, 2.24) is 4.90 Å². The summed E-state index contributed by atoms with van der Waals surface area (Å²) in [6, 6.07) is 0. The Morgan fingerprint density at radius 1 is 1.32 bits per heavy atom. The molecule has 0 bridgehead atoms. The smallest absolute Gasteiger partial charge is 0.223 e. The summed E-state index contributed by atoms with van der Waals surface area (Å²) in [5.74, 6) is 0.807. The maximum absolute atomic E-state index is 12.4. The molecular weight excluding hydrogens is 242 g/mol. The molecule has 1 saturated carbocycles. The van der Waals surface area contributed by atoms with Gasteiger partial charge in [0.1, 0.15) is 0 Å². The van der Waals surface area contributed by atoms with Gasteiger partial charge in [0, 0.05) is 19.5 Å². The van der Waals surface area contributed by atoms with Crippen LogP contribution in [0, 0.1) is 5.92 Å². The second kappa shape index (κ2) is 6.23. The van der Waals surface area contributed by atoms with E-state index in [0.717, 1.165) is 0 Å². The van der Waals surface area contributed by atoms with E-state index >= 15 is 0 Å². The predicted molar refractivity (Wildman–Crippen MR) is 73.8 cm³/mol. The van der Waals surface area contributed by atoms with Gasteiger partial charge in [0.15, 0.2) is 0 Å². The van der Waals surface area contributed by atoms with Gasteiger partial charge < -0.3 is 14.7 Å². The van der Waals surface area contributed by atoms with Gasteiger partial charge in [-0.2, -0.15) is 0 Å². The number of ether oxygens (including phenoxy) is 1. The molecule has 4 nitrogen and oxygen atoms in total. The number of morpholine rings is 1. The maximum atomic E-state index is 12.4. The normalized spacial score (nSPS) is 28.4. The van der Waals surface area contributed by atoms with Crippen LogP contribution in [0.1, 0.15) is 52.4 Å². The van der Waals surface area contributed by atoms with E-state index in [2.05, 4.69) is 0 Å². The second-order valence-electron chi connectivity index (χ2n) is 6.66. The number of hydrogen-bond donors (Lipinski definition) is 1. The van der Waals surface area contributed by atoms with Crippen LogP contribution in [0.3, 0.4) is 0 Å². The minimum Gasteiger partial charge on any atom is -0.394 e. The van der Waals surface area contributed by atoms with Crippen LogP contribution in [0.4, 0.5) is 0 Å². The van der Waals surface area contributed by atoms with E-state index in [1.807, 2.05) is 18.7 Å². The number of aliphatic hydroxyl groups excluding tert-OH is 1. The third-order valence-corrected chi connectivity index (χ3v) is 4.23. The lowest BCUT2D eigenvalue weighted by atomic mass is 9.86. The minimum absolute atomic E-state index is 0.0172. The number of carbonyl (C=O) groups excluding carboxylic acids is 1. The molecule has 0 aromatic heterocycles. The van der Waals surface area contributed by atoms with Crippen LogP contribution in [0.15, 0.2) is 0 Å². The Balaban J connectivity index is 1.89. The summed E-state index contributed by atoms with van der Waals surface area (Å²) in [6.45, 7) is 5.11. The summed E-state index contributed by atoms with van der Waals surface area (Å²) in [4.78, 5) is 14.3. The molecule has 1 unspecified atom stereocenters. The van der Waals surface area contributed by atoms with Crippen molar-refractivity contribution in [3.05, 3.63) is 0 Å². The Morgan fingerprint density at radius 3 is 2.63 bits per heavy atom. The average Bonchev–Trinajstić information content (AvgIpc) is 2.38. The standard InChI is InChI=1S/C15H27NO3/c1-15(2)11-16(9-13(10-17)19-15)14(18)8-12-6-4-3-5-7-12/h12-13,17H,3-11H2,1-2H3. The van der Waals surface area contributed by atoms with Gasteiger partial charge in [-0.05, 0) is 32.6 Å². The average molecular weight is 269 g/mol. The molecule has 0 spiro atoms. The Hall–Kier alpha value is -0.610. The first kappa shape index (κ1) is 14.8. The molecule has 4 heteroatoms. The third kappa shape index (κ3) is 4.18. The fourth-order valence-electron chi connectivity index (χ4n) is 3.35. The first-order chi connectivity index (χ1) is 9.00. The van der Waals surface area contributed by atoms with Crippen LogP contribution in [0.2, 0.25) is 0 Å². The summed E-state index contributed by atoms with van der Waals surface area (Å²) >= 11 is 0. The molecule has 1 N–H and O–H groups in total. The van der Waals surface area contributed by atoms with Crippen LogP contribution in [-0.2, 0) is 9.53 Å². The zero-order valence-electron chi connectivity index (χ0n) is 12.2. The molecule has 1 saturated heterocycles. The molecule has 1 aliphatic carbocycles. The number of aliphatic hydroxyl groups is 1. The van der Waals surface area contributed by atoms with E-state index in [1.165, 1.54) is 32.1 Å².